The summed E-state index contributed by atoms with van der Waals surface area (Å²) in [6.07, 6.45) is 46.1. The fourth-order valence-corrected chi connectivity index (χ4v) is 7.97. The van der Waals surface area contributed by atoms with E-state index in [1.165, 1.54) is 70.6 Å². The number of carboxylic acids is 1. The molecular formula is C59H98O12. The lowest BCUT2D eigenvalue weighted by molar-refractivity contribution is -0.301. The van der Waals surface area contributed by atoms with Crippen molar-refractivity contribution in [3.05, 3.63) is 72.9 Å². The predicted molar refractivity (Wildman–Crippen MR) is 285 cm³/mol. The molecule has 0 bridgehead atoms. The number of aliphatic hydroxyl groups excluding tert-OH is 2. The molecule has 1 heterocycles. The molecule has 12 heteroatoms. The van der Waals surface area contributed by atoms with Crippen LogP contribution in [0.3, 0.4) is 0 Å². The topological polar surface area (TPSA) is 175 Å². The van der Waals surface area contributed by atoms with Crippen molar-refractivity contribution in [2.75, 3.05) is 13.2 Å². The van der Waals surface area contributed by atoms with E-state index in [9.17, 15) is 34.5 Å². The average Bonchev–Trinajstić information content (AvgIpc) is 3.35. The molecule has 406 valence electrons. The number of carbonyl (C=O) groups is 4. The molecule has 0 aliphatic carbocycles. The number of aliphatic carboxylic acids is 1. The van der Waals surface area contributed by atoms with Crippen molar-refractivity contribution in [1.29, 1.82) is 0 Å². The van der Waals surface area contributed by atoms with E-state index in [0.29, 0.717) is 25.7 Å². The van der Waals surface area contributed by atoms with Gasteiger partial charge in [-0.3, -0.25) is 14.4 Å². The highest BCUT2D eigenvalue weighted by Gasteiger charge is 2.50. The van der Waals surface area contributed by atoms with Crippen LogP contribution in [0.25, 0.3) is 0 Å². The summed E-state index contributed by atoms with van der Waals surface area (Å²) in [6, 6.07) is 0. The Morgan fingerprint density at radius 2 is 0.915 bits per heavy atom. The molecule has 0 aromatic carbocycles. The zero-order valence-electron chi connectivity index (χ0n) is 44.4. The first-order chi connectivity index (χ1) is 34.6. The summed E-state index contributed by atoms with van der Waals surface area (Å²) in [5, 5.41) is 31.4. The summed E-state index contributed by atoms with van der Waals surface area (Å²) < 4.78 is 28.3. The maximum Gasteiger partial charge on any atom is 0.335 e. The Hall–Kier alpha value is -3.84. The zero-order valence-corrected chi connectivity index (χ0v) is 44.4. The second-order valence-electron chi connectivity index (χ2n) is 18.8. The zero-order chi connectivity index (χ0) is 51.8. The van der Waals surface area contributed by atoms with E-state index in [4.69, 9.17) is 23.7 Å². The van der Waals surface area contributed by atoms with Crippen molar-refractivity contribution in [3.63, 3.8) is 0 Å². The van der Waals surface area contributed by atoms with Crippen LogP contribution in [0.1, 0.15) is 226 Å². The summed E-state index contributed by atoms with van der Waals surface area (Å²) in [4.78, 5) is 50.9. The summed E-state index contributed by atoms with van der Waals surface area (Å²) in [5.41, 5.74) is 0. The number of hydrogen-bond acceptors (Lipinski definition) is 11. The van der Waals surface area contributed by atoms with Crippen LogP contribution in [0.5, 0.6) is 0 Å². The Kier molecular flexibility index (Phi) is 43.3. The summed E-state index contributed by atoms with van der Waals surface area (Å²) in [7, 11) is 0. The maximum absolute atomic E-state index is 13.1. The highest BCUT2D eigenvalue weighted by Crippen LogP contribution is 2.26. The molecule has 1 fully saturated rings. The molecule has 12 nitrogen and oxygen atoms in total. The van der Waals surface area contributed by atoms with E-state index in [1.54, 1.807) is 0 Å². The van der Waals surface area contributed by atoms with Gasteiger partial charge in [-0.2, -0.15) is 0 Å². The monoisotopic (exact) mass is 999 g/mol. The van der Waals surface area contributed by atoms with E-state index in [0.717, 1.165) is 89.9 Å². The van der Waals surface area contributed by atoms with Crippen LogP contribution in [0.2, 0.25) is 0 Å². The number of ether oxygens (including phenoxy) is 5. The second-order valence-corrected chi connectivity index (χ2v) is 18.8. The van der Waals surface area contributed by atoms with Crippen molar-refractivity contribution < 1.29 is 58.2 Å². The quantitative estimate of drug-likeness (QED) is 0.0228. The van der Waals surface area contributed by atoms with Gasteiger partial charge in [-0.1, -0.05) is 203 Å². The highest BCUT2D eigenvalue weighted by molar-refractivity contribution is 5.74. The SMILES string of the molecule is CC/C=C\C/C=C\C/C=C\C/C=C\C/C=C\CCCC(=O)OCC(COC1OC(C(=O)O)C(O)C(O)C1OC(=O)CCCCCCC/C=C\CCCC)OC(=O)CCCCCCCCCCCCCCC. The Balaban J connectivity index is 2.75. The van der Waals surface area contributed by atoms with Crippen molar-refractivity contribution >= 4 is 23.9 Å². The highest BCUT2D eigenvalue weighted by atomic mass is 16.7. The molecule has 3 N–H and O–H groups in total. The Labute approximate surface area is 429 Å². The van der Waals surface area contributed by atoms with Crippen molar-refractivity contribution in [2.45, 2.75) is 263 Å². The van der Waals surface area contributed by atoms with Gasteiger partial charge in [0.05, 0.1) is 6.61 Å². The number of unbranched alkanes of at least 4 members (excludes halogenated alkanes) is 20. The van der Waals surface area contributed by atoms with Crippen LogP contribution < -0.4 is 0 Å². The lowest BCUT2D eigenvalue weighted by Crippen LogP contribution is -2.61. The number of esters is 3. The van der Waals surface area contributed by atoms with Gasteiger partial charge in [-0.15, -0.1) is 0 Å². The van der Waals surface area contributed by atoms with Crippen LogP contribution in [-0.2, 0) is 42.9 Å². The van der Waals surface area contributed by atoms with Crippen molar-refractivity contribution in [1.82, 2.24) is 0 Å². The fourth-order valence-electron chi connectivity index (χ4n) is 7.97. The maximum atomic E-state index is 13.1. The van der Waals surface area contributed by atoms with Gasteiger partial charge in [0.1, 0.15) is 18.8 Å². The lowest BCUT2D eigenvalue weighted by atomic mass is 9.98. The molecule has 1 rings (SSSR count). The number of carbonyl (C=O) groups excluding carboxylic acids is 3. The summed E-state index contributed by atoms with van der Waals surface area (Å²) in [5.74, 6) is -3.21. The number of hydrogen-bond donors (Lipinski definition) is 3. The molecule has 1 aliphatic rings. The van der Waals surface area contributed by atoms with Crippen LogP contribution in [0.15, 0.2) is 72.9 Å². The lowest BCUT2D eigenvalue weighted by Gasteiger charge is -2.40. The fraction of sp³-hybridized carbons (Fsp3) is 0.729. The molecule has 0 radical (unpaired) electrons. The smallest absolute Gasteiger partial charge is 0.335 e. The normalized spacial score (nSPS) is 19.0. The van der Waals surface area contributed by atoms with Gasteiger partial charge >= 0.3 is 23.9 Å². The number of rotatable bonds is 46. The summed E-state index contributed by atoms with van der Waals surface area (Å²) >= 11 is 0. The van der Waals surface area contributed by atoms with E-state index in [1.807, 2.05) is 6.08 Å². The van der Waals surface area contributed by atoms with E-state index in [-0.39, 0.29) is 25.9 Å². The van der Waals surface area contributed by atoms with E-state index in [2.05, 4.69) is 87.6 Å². The minimum Gasteiger partial charge on any atom is -0.479 e. The van der Waals surface area contributed by atoms with Crippen LogP contribution in [0.4, 0.5) is 0 Å². The molecule has 6 atom stereocenters. The molecule has 6 unspecified atom stereocenters. The van der Waals surface area contributed by atoms with E-state index < -0.39 is 67.3 Å². The van der Waals surface area contributed by atoms with Gasteiger partial charge in [0.25, 0.3) is 0 Å². The van der Waals surface area contributed by atoms with Crippen molar-refractivity contribution in [3.8, 4) is 0 Å². The standard InChI is InChI=1S/C59H98O12/c1-4-7-10-13-16-19-22-24-25-26-27-29-31-33-36-39-42-45-51(60)67-48-50(69-52(61)46-43-40-37-35-32-28-23-20-17-14-11-8-5-2)49-68-59-57(55(64)54(63)56(71-59)58(65)66)70-53(62)47-44-41-38-34-30-21-18-15-12-9-6-3/h7,10,15-16,18-19,24-25,27,29,33,36,50,54-57,59,63-64H,4-6,8-9,11-14,17,20-23,26,28,30-32,34-35,37-49H2,1-3H3,(H,65,66)/b10-7-,18-15-,19-16-,25-24-,29-27-,36-33-. The minimum atomic E-state index is -1.91. The first-order valence-corrected chi connectivity index (χ1v) is 27.9. The molecule has 1 aliphatic heterocycles. The van der Waals surface area contributed by atoms with Crippen molar-refractivity contribution in [2.24, 2.45) is 0 Å². The first-order valence-electron chi connectivity index (χ1n) is 27.9. The Bertz CT molecular complexity index is 1510. The van der Waals surface area contributed by atoms with Gasteiger partial charge < -0.3 is 39.0 Å². The largest absolute Gasteiger partial charge is 0.479 e. The Morgan fingerprint density at radius 3 is 1.45 bits per heavy atom. The molecule has 0 aromatic heterocycles. The molecule has 71 heavy (non-hydrogen) atoms. The number of carboxylic acid groups (broad SMARTS) is 1. The van der Waals surface area contributed by atoms with Gasteiger partial charge in [-0.05, 0) is 77.0 Å². The molecule has 0 saturated carbocycles. The summed E-state index contributed by atoms with van der Waals surface area (Å²) in [6.45, 7) is 5.77. The third-order valence-corrected chi connectivity index (χ3v) is 12.3. The molecule has 1 saturated heterocycles. The van der Waals surface area contributed by atoms with Crippen LogP contribution >= 0.6 is 0 Å². The first kappa shape index (κ1) is 65.2. The predicted octanol–water partition coefficient (Wildman–Crippen LogP) is 13.8. The molecule has 0 aromatic rings. The van der Waals surface area contributed by atoms with Crippen LogP contribution in [-0.4, -0.2) is 89.2 Å². The Morgan fingerprint density at radius 1 is 0.479 bits per heavy atom. The third kappa shape index (κ3) is 37.6. The third-order valence-electron chi connectivity index (χ3n) is 12.3. The average molecular weight is 999 g/mol. The number of allylic oxidation sites excluding steroid dienone is 12. The van der Waals surface area contributed by atoms with Gasteiger partial charge in [0, 0.05) is 19.3 Å². The minimum absolute atomic E-state index is 0.0434. The van der Waals surface area contributed by atoms with Gasteiger partial charge in [0.2, 0.25) is 0 Å². The molecule has 0 amide bonds. The molecule has 0 spiro atoms. The van der Waals surface area contributed by atoms with Gasteiger partial charge in [0.15, 0.2) is 24.6 Å². The second kappa shape index (κ2) is 47.2. The molecular weight excluding hydrogens is 901 g/mol. The van der Waals surface area contributed by atoms with E-state index >= 15 is 0 Å². The van der Waals surface area contributed by atoms with Gasteiger partial charge in [-0.25, -0.2) is 4.79 Å². The van der Waals surface area contributed by atoms with Crippen LogP contribution in [0, 0.1) is 0 Å². The number of aliphatic hydroxyl groups is 2.